The lowest BCUT2D eigenvalue weighted by Crippen LogP contribution is -2.57. The molecule has 0 bridgehead atoms. The number of anilines is 2. The van der Waals surface area contributed by atoms with Crippen LogP contribution in [0.1, 0.15) is 37.5 Å². The van der Waals surface area contributed by atoms with E-state index >= 15 is 0 Å². The molecule has 0 saturated carbocycles. The Morgan fingerprint density at radius 2 is 1.33 bits per heavy atom. The normalized spacial score (nSPS) is 13.5. The van der Waals surface area contributed by atoms with Crippen molar-refractivity contribution in [2.24, 2.45) is 0 Å². The molecule has 0 amide bonds. The van der Waals surface area contributed by atoms with Crippen LogP contribution in [0.15, 0.2) is 140 Å². The molecule has 7 aromatic carbocycles. The SMILES string of the molecule is Cc1cc2c3c(c1)N(Cc1ccc(C(C)(C)C)cc1-c1ccccc1)c1c(ccc4sc5ccccc5c14)B3n1c3sc4ccccc4c3c3cccc-2c31. The Labute approximate surface area is 329 Å². The second-order valence-electron chi connectivity index (χ2n) is 16.5. The summed E-state index contributed by atoms with van der Waals surface area (Å²) in [5, 5.41) is 6.81. The number of hydrogen-bond acceptors (Lipinski definition) is 3. The van der Waals surface area contributed by atoms with E-state index in [0.29, 0.717) is 0 Å². The van der Waals surface area contributed by atoms with E-state index in [0.717, 1.165) is 6.54 Å². The van der Waals surface area contributed by atoms with Crippen molar-refractivity contribution >= 4 is 103 Å². The Hall–Kier alpha value is -5.62. The zero-order valence-corrected chi connectivity index (χ0v) is 32.9. The molecule has 5 heterocycles. The Morgan fingerprint density at radius 3 is 2.13 bits per heavy atom. The van der Waals surface area contributed by atoms with Gasteiger partial charge in [-0.25, -0.2) is 0 Å². The van der Waals surface area contributed by atoms with Gasteiger partial charge in [0.1, 0.15) is 0 Å². The average Bonchev–Trinajstić information content (AvgIpc) is 3.87. The quantitative estimate of drug-likeness (QED) is 0.164. The van der Waals surface area contributed by atoms with Crippen LogP contribution in [0, 0.1) is 6.92 Å². The first-order valence-corrected chi connectivity index (χ1v) is 21.0. The summed E-state index contributed by atoms with van der Waals surface area (Å²) in [5.41, 5.74) is 16.1. The van der Waals surface area contributed by atoms with E-state index in [4.69, 9.17) is 0 Å². The van der Waals surface area contributed by atoms with Gasteiger partial charge in [0, 0.05) is 70.0 Å². The van der Waals surface area contributed by atoms with Gasteiger partial charge in [-0.3, -0.25) is 0 Å². The van der Waals surface area contributed by atoms with Crippen molar-refractivity contribution in [2.45, 2.75) is 39.7 Å². The van der Waals surface area contributed by atoms with E-state index in [-0.39, 0.29) is 12.3 Å². The van der Waals surface area contributed by atoms with E-state index in [1.54, 1.807) is 0 Å². The molecule has 0 atom stereocenters. The van der Waals surface area contributed by atoms with Gasteiger partial charge >= 0.3 is 6.85 Å². The minimum Gasteiger partial charge on any atom is -0.367 e. The molecule has 0 aliphatic carbocycles. The van der Waals surface area contributed by atoms with Crippen LogP contribution in [0.4, 0.5) is 11.4 Å². The van der Waals surface area contributed by atoms with Crippen molar-refractivity contribution in [3.63, 3.8) is 0 Å². The van der Waals surface area contributed by atoms with Gasteiger partial charge in [-0.05, 0) is 80.9 Å². The molecule has 10 aromatic rings. The molecular weight excluding hydrogens is 704 g/mol. The molecule has 262 valence electrons. The highest BCUT2D eigenvalue weighted by molar-refractivity contribution is 7.26. The highest BCUT2D eigenvalue weighted by Gasteiger charge is 2.44. The number of aromatic nitrogens is 1. The number of hydrogen-bond donors (Lipinski definition) is 0. The Balaban J connectivity index is 1.21. The fourth-order valence-electron chi connectivity index (χ4n) is 9.82. The summed E-state index contributed by atoms with van der Waals surface area (Å²) >= 11 is 3.86. The van der Waals surface area contributed by atoms with Crippen molar-refractivity contribution in [2.75, 3.05) is 4.90 Å². The van der Waals surface area contributed by atoms with Gasteiger partial charge in [-0.2, -0.15) is 0 Å². The predicted molar refractivity (Wildman–Crippen MR) is 241 cm³/mol. The van der Waals surface area contributed by atoms with Crippen molar-refractivity contribution in [3.05, 3.63) is 156 Å². The van der Waals surface area contributed by atoms with Crippen molar-refractivity contribution in [3.8, 4) is 22.3 Å². The van der Waals surface area contributed by atoms with Crippen LogP contribution >= 0.6 is 22.7 Å². The third-order valence-corrected chi connectivity index (χ3v) is 14.6. The van der Waals surface area contributed by atoms with Gasteiger partial charge in [-0.1, -0.05) is 136 Å². The smallest absolute Gasteiger partial charge is 0.333 e. The van der Waals surface area contributed by atoms with Crippen LogP contribution in [0.25, 0.3) is 73.6 Å². The van der Waals surface area contributed by atoms with Gasteiger partial charge in [0.25, 0.3) is 0 Å². The third kappa shape index (κ3) is 4.37. The molecule has 0 saturated heterocycles. The third-order valence-electron chi connectivity index (χ3n) is 12.3. The lowest BCUT2D eigenvalue weighted by atomic mass is 9.45. The molecule has 2 nitrogen and oxygen atoms in total. The van der Waals surface area contributed by atoms with E-state index in [1.165, 1.54) is 113 Å². The first-order chi connectivity index (χ1) is 26.8. The van der Waals surface area contributed by atoms with Crippen LogP contribution in [0.2, 0.25) is 0 Å². The maximum absolute atomic E-state index is 2.73. The Bertz CT molecular complexity index is 3250. The molecule has 0 spiro atoms. The van der Waals surface area contributed by atoms with Gasteiger partial charge in [0.15, 0.2) is 0 Å². The van der Waals surface area contributed by atoms with Crippen molar-refractivity contribution in [1.29, 1.82) is 0 Å². The van der Waals surface area contributed by atoms with Crippen molar-refractivity contribution < 1.29 is 0 Å². The summed E-state index contributed by atoms with van der Waals surface area (Å²) in [7, 11) is 0. The highest BCUT2D eigenvalue weighted by Crippen LogP contribution is 2.50. The maximum Gasteiger partial charge on any atom is 0.333 e. The van der Waals surface area contributed by atoms with Crippen LogP contribution in [-0.2, 0) is 12.0 Å². The second-order valence-corrected chi connectivity index (χ2v) is 18.7. The molecular formula is C50H37BN2S2. The lowest BCUT2D eigenvalue weighted by molar-refractivity contribution is 0.590. The number of rotatable bonds is 3. The average molecular weight is 741 g/mol. The molecule has 5 heteroatoms. The molecule has 2 aliphatic heterocycles. The van der Waals surface area contributed by atoms with Gasteiger partial charge in [0.05, 0.1) is 4.83 Å². The summed E-state index contributed by atoms with van der Waals surface area (Å²) < 4.78 is 6.76. The molecule has 0 unspecified atom stereocenters. The fraction of sp³-hybridized carbons (Fsp3) is 0.120. The van der Waals surface area contributed by atoms with Gasteiger partial charge in [0.2, 0.25) is 0 Å². The maximum atomic E-state index is 2.73. The van der Waals surface area contributed by atoms with Crippen LogP contribution in [-0.4, -0.2) is 11.3 Å². The van der Waals surface area contributed by atoms with E-state index in [1.807, 2.05) is 22.7 Å². The summed E-state index contributed by atoms with van der Waals surface area (Å²) in [6.07, 6.45) is 0. The van der Waals surface area contributed by atoms with Gasteiger partial charge in [-0.15, -0.1) is 22.7 Å². The molecule has 0 N–H and O–H groups in total. The minimum atomic E-state index is 0.0395. The second kappa shape index (κ2) is 11.2. The number of aryl methyl sites for hydroxylation is 1. The minimum absolute atomic E-state index is 0.0395. The number of fused-ring (bicyclic) bond motifs is 13. The molecule has 3 aromatic heterocycles. The number of benzene rings is 7. The lowest BCUT2D eigenvalue weighted by Gasteiger charge is -2.41. The predicted octanol–water partition coefficient (Wildman–Crippen LogP) is 12.9. The molecule has 0 radical (unpaired) electrons. The summed E-state index contributed by atoms with van der Waals surface area (Å²) in [5.74, 6) is 0. The molecule has 12 rings (SSSR count). The summed E-state index contributed by atoms with van der Waals surface area (Å²) in [4.78, 5) is 4.07. The molecule has 55 heavy (non-hydrogen) atoms. The Kier molecular flexibility index (Phi) is 6.47. The van der Waals surface area contributed by atoms with E-state index in [9.17, 15) is 0 Å². The first-order valence-electron chi connectivity index (χ1n) is 19.3. The van der Waals surface area contributed by atoms with E-state index < -0.39 is 0 Å². The van der Waals surface area contributed by atoms with E-state index in [2.05, 4.69) is 177 Å². The van der Waals surface area contributed by atoms with Crippen LogP contribution in [0.3, 0.4) is 0 Å². The summed E-state index contributed by atoms with van der Waals surface area (Å²) in [6, 6.07) is 53.1. The Morgan fingerprint density at radius 1 is 0.600 bits per heavy atom. The monoisotopic (exact) mass is 740 g/mol. The van der Waals surface area contributed by atoms with Crippen molar-refractivity contribution in [1.82, 2.24) is 4.48 Å². The summed E-state index contributed by atoms with van der Waals surface area (Å²) in [6.45, 7) is 10.0. The topological polar surface area (TPSA) is 8.17 Å². The van der Waals surface area contributed by atoms with Crippen LogP contribution < -0.4 is 15.8 Å². The van der Waals surface area contributed by atoms with Crippen LogP contribution in [0.5, 0.6) is 0 Å². The number of para-hydroxylation sites is 1. The standard InChI is InChI=1S/C50H37BN2S2/c1-29-25-38-33-17-12-18-36-44-34-15-8-11-20-42(34)55-49(44)53(47(33)36)51-39-23-24-43-45(35-16-9-10-19-41(35)54-43)48(39)52(40(26-29)46(38)51)28-31-21-22-32(50(2,3)4)27-37(31)30-13-6-5-7-14-30/h5-27H,28H2,1-4H3. The molecule has 2 aliphatic rings. The fourth-order valence-corrected chi connectivity index (χ4v) is 12.2. The van der Waals surface area contributed by atoms with Gasteiger partial charge < -0.3 is 9.38 Å². The number of thiophene rings is 2. The highest BCUT2D eigenvalue weighted by atomic mass is 32.1. The first kappa shape index (κ1) is 31.7. The molecule has 0 fully saturated rings. The zero-order valence-electron chi connectivity index (χ0n) is 31.3. The largest absolute Gasteiger partial charge is 0.367 e. The number of nitrogens with zero attached hydrogens (tertiary/aromatic N) is 2. The zero-order chi connectivity index (χ0) is 36.7.